The molecule has 0 fully saturated rings. The van der Waals surface area contributed by atoms with Gasteiger partial charge < -0.3 is 9.13 Å². The van der Waals surface area contributed by atoms with Gasteiger partial charge in [-0.25, -0.2) is 9.97 Å². The summed E-state index contributed by atoms with van der Waals surface area (Å²) in [6.45, 7) is 0. The second-order valence-electron chi connectivity index (χ2n) is 32.4. The van der Waals surface area contributed by atoms with Gasteiger partial charge in [0.1, 0.15) is 0 Å². The van der Waals surface area contributed by atoms with Crippen molar-refractivity contribution in [3.05, 3.63) is 437 Å². The van der Waals surface area contributed by atoms with Gasteiger partial charge in [-0.2, -0.15) is 0 Å². The Morgan fingerprint density at radius 2 is 0.586 bits per heavy atom. The second-order valence-corrected chi connectivity index (χ2v) is 35.5. The number of benzene rings is 17. The molecule has 11 heteroatoms. The smallest absolute Gasteiger partial charge is 0.235 e. The van der Waals surface area contributed by atoms with Crippen molar-refractivity contribution in [1.82, 2.24) is 38.6 Å². The third-order valence-electron chi connectivity index (χ3n) is 25.1. The minimum atomic E-state index is 0.692. The van der Waals surface area contributed by atoms with E-state index in [1.54, 1.807) is 0 Å². The molecule has 0 unspecified atom stereocenters. The lowest BCUT2D eigenvalue weighted by Gasteiger charge is -2.11. The molecule has 0 radical (unpaired) electrons. The number of pyridine rings is 3. The predicted octanol–water partition coefficient (Wildman–Crippen LogP) is 32.4. The van der Waals surface area contributed by atoms with E-state index in [2.05, 4.69) is 406 Å². The summed E-state index contributed by atoms with van der Waals surface area (Å²) in [7, 11) is 0. The zero-order valence-corrected chi connectivity index (χ0v) is 71.3. The number of hydrogen-bond acceptors (Lipinski definition) is 8. The van der Waals surface area contributed by atoms with Crippen molar-refractivity contribution in [2.45, 2.75) is 0 Å². The Kier molecular flexibility index (Phi) is 18.0. The quantitative estimate of drug-likeness (QED) is 0.128. The standard InChI is InChI=1S/C45H28N2S.C38H23N3S.C34H21N3S/c1-3-11-29(12-4-1)41-38-24-25-40-42(45(38)48-44(41)31-13-5-2-6-14-31)37-18-7-8-19-39(37)47(40)35-17-9-15-32(28-35)33-22-23-36-34(27-33)21-20-30-16-10-26-46-43(30)36;1-3-10-24(11-4-1)33-30-19-20-32-34(38(30)42-37(33)26-12-5-2-6-13-26)29-15-7-8-16-31(29)41(32)28-22-27-18-17-25-14-9-21-39-35(25)36(27)40-23-28;1-3-11-22(12-4-1)30-26-19-20-29-31(33(26)38-32(30)23-13-5-2-6-14-23)25-16-8-10-18-28(25)37(29)34-35-21-24-15-7-9-17-27(24)36-34/h1-28H;1-23H;1-21H. The van der Waals surface area contributed by atoms with Crippen LogP contribution in [0.1, 0.15) is 0 Å². The SMILES string of the molecule is c1ccc(-c2sc3c(ccc4c3c3ccccc3n4-c3cccc(-c4ccc5c(ccc6cccnc65)c4)c3)c2-c2ccccc2)cc1.c1ccc(-c2sc3c(ccc4c3c3ccccc3n4-c3cnc4c(ccc5cccnc54)c3)c2-c2ccccc2)cc1.c1ccc(-c2sc3c(ccc4c3c3ccccc3n4-c3ncc4ccccc4n3)c2-c2ccccc2)cc1. The first-order chi connectivity index (χ1) is 63.5. The highest BCUT2D eigenvalue weighted by molar-refractivity contribution is 7.25. The Balaban J connectivity index is 0.000000105. The van der Waals surface area contributed by atoms with Gasteiger partial charge in [-0.3, -0.25) is 19.5 Å². The number of hydrogen-bond donors (Lipinski definition) is 0. The van der Waals surface area contributed by atoms with Crippen LogP contribution in [-0.2, 0) is 0 Å². The van der Waals surface area contributed by atoms with Gasteiger partial charge >= 0.3 is 0 Å². The highest BCUT2D eigenvalue weighted by atomic mass is 32.1. The van der Waals surface area contributed by atoms with Gasteiger partial charge in [0, 0.05) is 145 Å². The number of rotatable bonds is 10. The fourth-order valence-corrected chi connectivity index (χ4v) is 23.6. The third kappa shape index (κ3) is 12.4. The van der Waals surface area contributed by atoms with Crippen LogP contribution in [0.4, 0.5) is 0 Å². The maximum absolute atomic E-state index is 4.97. The number of aromatic nitrogens is 8. The van der Waals surface area contributed by atoms with E-state index < -0.39 is 0 Å². The molecule has 10 aromatic heterocycles. The first kappa shape index (κ1) is 74.5. The summed E-state index contributed by atoms with van der Waals surface area (Å²) in [5.74, 6) is 0.692. The Bertz CT molecular complexity index is 9070. The van der Waals surface area contributed by atoms with Crippen molar-refractivity contribution >= 4 is 184 Å². The summed E-state index contributed by atoms with van der Waals surface area (Å²) in [4.78, 5) is 27.9. The fourth-order valence-electron chi connectivity index (χ4n) is 19.4. The number of nitrogens with zero attached hydrogens (tertiary/aromatic N) is 8. The minimum absolute atomic E-state index is 0.692. The summed E-state index contributed by atoms with van der Waals surface area (Å²) in [6.07, 6.45) is 7.62. The van der Waals surface area contributed by atoms with Crippen molar-refractivity contribution in [2.24, 2.45) is 0 Å². The highest BCUT2D eigenvalue weighted by Crippen LogP contribution is 2.54. The summed E-state index contributed by atoms with van der Waals surface area (Å²) in [6, 6.07) is 148. The lowest BCUT2D eigenvalue weighted by atomic mass is 9.98. The Morgan fingerprint density at radius 1 is 0.203 bits per heavy atom. The van der Waals surface area contributed by atoms with Crippen molar-refractivity contribution in [3.63, 3.8) is 0 Å². The van der Waals surface area contributed by atoms with Gasteiger partial charge in [-0.15, -0.1) is 34.0 Å². The molecule has 27 aromatic rings. The second kappa shape index (κ2) is 31.0. The lowest BCUT2D eigenvalue weighted by Crippen LogP contribution is -2.00. The minimum Gasteiger partial charge on any atom is -0.309 e. The zero-order valence-electron chi connectivity index (χ0n) is 68.9. The third-order valence-corrected chi connectivity index (χ3v) is 29.0. The molecule has 17 aromatic carbocycles. The van der Waals surface area contributed by atoms with Crippen molar-refractivity contribution in [1.29, 1.82) is 0 Å². The van der Waals surface area contributed by atoms with E-state index in [9.17, 15) is 0 Å². The monoisotopic (exact) mass is 1680 g/mol. The van der Waals surface area contributed by atoms with Crippen LogP contribution in [0.15, 0.2) is 437 Å². The van der Waals surface area contributed by atoms with Crippen molar-refractivity contribution in [2.75, 3.05) is 0 Å². The Labute approximate surface area is 747 Å². The Morgan fingerprint density at radius 3 is 1.10 bits per heavy atom. The van der Waals surface area contributed by atoms with E-state index in [1.165, 1.54) is 171 Å². The van der Waals surface area contributed by atoms with Gasteiger partial charge in [-0.05, 0) is 129 Å². The topological polar surface area (TPSA) is 79.2 Å². The number of fused-ring (bicyclic) bond motifs is 22. The summed E-state index contributed by atoms with van der Waals surface area (Å²) >= 11 is 5.67. The molecule has 0 spiro atoms. The number of para-hydroxylation sites is 4. The summed E-state index contributed by atoms with van der Waals surface area (Å²) in [5.41, 5.74) is 26.8. The van der Waals surface area contributed by atoms with E-state index in [1.807, 2.05) is 89.1 Å². The molecule has 598 valence electrons. The maximum Gasteiger partial charge on any atom is 0.235 e. The van der Waals surface area contributed by atoms with Crippen LogP contribution in [-0.4, -0.2) is 38.6 Å². The molecule has 0 bridgehead atoms. The summed E-state index contributed by atoms with van der Waals surface area (Å²) < 4.78 is 10.9. The molecule has 128 heavy (non-hydrogen) atoms. The Hall–Kier alpha value is -16.2. The van der Waals surface area contributed by atoms with Crippen molar-refractivity contribution in [3.8, 4) is 93.2 Å². The largest absolute Gasteiger partial charge is 0.309 e. The van der Waals surface area contributed by atoms with Crippen LogP contribution in [0.3, 0.4) is 0 Å². The fraction of sp³-hybridized carbons (Fsp3) is 0. The molecule has 0 aliphatic carbocycles. The molecule has 0 saturated carbocycles. The first-order valence-electron chi connectivity index (χ1n) is 43.1. The number of thiophene rings is 3. The first-order valence-corrected chi connectivity index (χ1v) is 45.5. The van der Waals surface area contributed by atoms with Crippen LogP contribution in [0.5, 0.6) is 0 Å². The molecular weight excluding hydrogens is 1610 g/mol. The highest BCUT2D eigenvalue weighted by Gasteiger charge is 2.27. The summed E-state index contributed by atoms with van der Waals surface area (Å²) in [5, 5.41) is 18.2. The van der Waals surface area contributed by atoms with E-state index >= 15 is 0 Å². The van der Waals surface area contributed by atoms with Crippen LogP contribution >= 0.6 is 34.0 Å². The van der Waals surface area contributed by atoms with E-state index in [4.69, 9.17) is 15.0 Å². The average molecular weight is 1690 g/mol. The maximum atomic E-state index is 4.97. The molecule has 0 aliphatic heterocycles. The predicted molar refractivity (Wildman–Crippen MR) is 543 cm³/mol. The van der Waals surface area contributed by atoms with E-state index in [-0.39, 0.29) is 0 Å². The molecule has 8 nitrogen and oxygen atoms in total. The van der Waals surface area contributed by atoms with Gasteiger partial charge in [0.15, 0.2) is 0 Å². The van der Waals surface area contributed by atoms with Gasteiger partial charge in [0.2, 0.25) is 5.95 Å². The van der Waals surface area contributed by atoms with Crippen molar-refractivity contribution < 1.29 is 0 Å². The van der Waals surface area contributed by atoms with E-state index in [0.717, 1.165) is 66.0 Å². The molecule has 0 amide bonds. The molecular formula is C117H72N8S3. The molecule has 10 heterocycles. The van der Waals surface area contributed by atoms with Gasteiger partial charge in [-0.1, -0.05) is 334 Å². The molecule has 27 rings (SSSR count). The average Bonchev–Trinajstić information content (AvgIpc) is 1.56. The van der Waals surface area contributed by atoms with Crippen LogP contribution < -0.4 is 0 Å². The molecule has 0 saturated heterocycles. The molecule has 0 atom stereocenters. The van der Waals surface area contributed by atoms with Crippen LogP contribution in [0, 0.1) is 0 Å². The van der Waals surface area contributed by atoms with Crippen LogP contribution in [0.25, 0.3) is 243 Å². The van der Waals surface area contributed by atoms with Gasteiger partial charge in [0.25, 0.3) is 0 Å². The molecule has 0 aliphatic rings. The van der Waals surface area contributed by atoms with Gasteiger partial charge in [0.05, 0.1) is 67.1 Å². The normalized spacial score (nSPS) is 11.8. The van der Waals surface area contributed by atoms with E-state index in [0.29, 0.717) is 5.95 Å². The lowest BCUT2D eigenvalue weighted by molar-refractivity contribution is 1.01. The molecule has 0 N–H and O–H groups in total. The zero-order chi connectivity index (χ0) is 84.3. The van der Waals surface area contributed by atoms with Crippen LogP contribution in [0.2, 0.25) is 0 Å².